The Hall–Kier alpha value is -1.17. The monoisotopic (exact) mass is 324 g/mol. The summed E-state index contributed by atoms with van der Waals surface area (Å²) < 4.78 is 27.3. The van der Waals surface area contributed by atoms with E-state index in [2.05, 4.69) is 4.98 Å². The van der Waals surface area contributed by atoms with Crippen molar-refractivity contribution in [3.05, 3.63) is 36.7 Å². The first-order valence-electron chi connectivity index (χ1n) is 7.02. The van der Waals surface area contributed by atoms with Gasteiger partial charge >= 0.3 is 0 Å². The molecule has 0 saturated carbocycles. The Labute approximate surface area is 129 Å². The second kappa shape index (κ2) is 5.91. The van der Waals surface area contributed by atoms with Gasteiger partial charge in [-0.15, -0.1) is 11.6 Å². The number of fused-ring (bicyclic) bond motifs is 1. The molecule has 1 unspecified atom stereocenters. The normalized spacial score (nSPS) is 20.1. The summed E-state index contributed by atoms with van der Waals surface area (Å²) in [5.74, 6) is 0.951. The van der Waals surface area contributed by atoms with Crippen molar-refractivity contribution < 1.29 is 8.42 Å². The van der Waals surface area contributed by atoms with Crippen molar-refractivity contribution >= 4 is 32.4 Å². The molecule has 3 rings (SSSR count). The van der Waals surface area contributed by atoms with Crippen LogP contribution in [0.15, 0.2) is 41.6 Å². The molecular weight excluding hydrogens is 308 g/mol. The SMILES string of the molecule is O=S(=O)(c1cccc2cnccc12)N1CCC(CCCl)C1. The maximum Gasteiger partial charge on any atom is 0.243 e. The fourth-order valence-electron chi connectivity index (χ4n) is 2.86. The Kier molecular flexibility index (Phi) is 4.15. The molecule has 0 amide bonds. The number of hydrogen-bond donors (Lipinski definition) is 0. The van der Waals surface area contributed by atoms with Crippen molar-refractivity contribution in [2.45, 2.75) is 17.7 Å². The Morgan fingerprint density at radius 2 is 2.19 bits per heavy atom. The lowest BCUT2D eigenvalue weighted by Gasteiger charge is -2.17. The summed E-state index contributed by atoms with van der Waals surface area (Å²) in [5.41, 5.74) is 0. The van der Waals surface area contributed by atoms with Crippen LogP contribution in [0, 0.1) is 5.92 Å². The molecule has 4 nitrogen and oxygen atoms in total. The summed E-state index contributed by atoms with van der Waals surface area (Å²) in [4.78, 5) is 4.42. The highest BCUT2D eigenvalue weighted by molar-refractivity contribution is 7.89. The van der Waals surface area contributed by atoms with E-state index in [-0.39, 0.29) is 0 Å². The van der Waals surface area contributed by atoms with Crippen molar-refractivity contribution in [3.63, 3.8) is 0 Å². The second-order valence-electron chi connectivity index (χ2n) is 5.35. The van der Waals surface area contributed by atoms with Crippen LogP contribution in [0.3, 0.4) is 0 Å². The van der Waals surface area contributed by atoms with Gasteiger partial charge in [-0.1, -0.05) is 12.1 Å². The van der Waals surface area contributed by atoms with Gasteiger partial charge in [-0.05, 0) is 30.9 Å². The van der Waals surface area contributed by atoms with Crippen molar-refractivity contribution in [3.8, 4) is 0 Å². The average Bonchev–Trinajstić information content (AvgIpc) is 2.96. The molecule has 2 aromatic rings. The standard InChI is InChI=1S/C15H17ClN2O2S/c16-7-4-12-6-9-18(11-12)21(19,20)15-3-1-2-13-10-17-8-5-14(13)15/h1-3,5,8,10,12H,4,6-7,9,11H2. The lowest BCUT2D eigenvalue weighted by Crippen LogP contribution is -2.29. The first-order chi connectivity index (χ1) is 10.1. The van der Waals surface area contributed by atoms with E-state index < -0.39 is 10.0 Å². The second-order valence-corrected chi connectivity index (χ2v) is 7.63. The first kappa shape index (κ1) is 14.8. The van der Waals surface area contributed by atoms with E-state index in [0.29, 0.717) is 29.8 Å². The van der Waals surface area contributed by atoms with Crippen LogP contribution >= 0.6 is 11.6 Å². The van der Waals surface area contributed by atoms with Crippen molar-refractivity contribution in [1.82, 2.24) is 9.29 Å². The summed E-state index contributed by atoms with van der Waals surface area (Å²) in [5, 5.41) is 1.57. The van der Waals surface area contributed by atoms with Crippen LogP contribution in [0.5, 0.6) is 0 Å². The van der Waals surface area contributed by atoms with E-state index >= 15 is 0 Å². The molecule has 1 aromatic carbocycles. The molecule has 1 fully saturated rings. The molecular formula is C15H17ClN2O2S. The molecule has 1 aliphatic heterocycles. The third-order valence-corrected chi connectivity index (χ3v) is 6.17. The molecule has 0 radical (unpaired) electrons. The number of hydrogen-bond acceptors (Lipinski definition) is 3. The predicted molar refractivity (Wildman–Crippen MR) is 83.9 cm³/mol. The van der Waals surface area contributed by atoms with E-state index in [9.17, 15) is 8.42 Å². The Bertz CT molecular complexity index is 743. The van der Waals surface area contributed by atoms with E-state index in [0.717, 1.165) is 23.6 Å². The van der Waals surface area contributed by atoms with Crippen LogP contribution in [0.1, 0.15) is 12.8 Å². The van der Waals surface area contributed by atoms with Gasteiger partial charge in [-0.2, -0.15) is 4.31 Å². The zero-order valence-corrected chi connectivity index (χ0v) is 13.1. The van der Waals surface area contributed by atoms with Crippen molar-refractivity contribution in [2.75, 3.05) is 19.0 Å². The highest BCUT2D eigenvalue weighted by Gasteiger charge is 2.32. The van der Waals surface area contributed by atoms with Gasteiger partial charge in [0.05, 0.1) is 4.90 Å². The maximum atomic E-state index is 12.9. The molecule has 2 heterocycles. The quantitative estimate of drug-likeness (QED) is 0.813. The van der Waals surface area contributed by atoms with E-state index in [1.165, 1.54) is 0 Å². The summed E-state index contributed by atoms with van der Waals surface area (Å²) in [7, 11) is -3.45. The predicted octanol–water partition coefficient (Wildman–Crippen LogP) is 2.87. The van der Waals surface area contributed by atoms with Crippen LogP contribution in [0.25, 0.3) is 10.8 Å². The highest BCUT2D eigenvalue weighted by atomic mass is 35.5. The number of rotatable bonds is 4. The molecule has 112 valence electrons. The van der Waals surface area contributed by atoms with Crippen LogP contribution < -0.4 is 0 Å². The number of halogens is 1. The summed E-state index contributed by atoms with van der Waals surface area (Å²) in [6, 6.07) is 7.08. The van der Waals surface area contributed by atoms with Gasteiger partial charge in [-0.3, -0.25) is 4.98 Å². The van der Waals surface area contributed by atoms with Gasteiger partial charge in [0.1, 0.15) is 0 Å². The molecule has 0 N–H and O–H groups in total. The number of benzene rings is 1. The molecule has 0 bridgehead atoms. The maximum absolute atomic E-state index is 12.9. The minimum absolute atomic E-state index is 0.369. The topological polar surface area (TPSA) is 50.3 Å². The Morgan fingerprint density at radius 1 is 1.33 bits per heavy atom. The lowest BCUT2D eigenvalue weighted by atomic mass is 10.1. The number of nitrogens with zero attached hydrogens (tertiary/aromatic N) is 2. The molecule has 1 saturated heterocycles. The minimum Gasteiger partial charge on any atom is -0.264 e. The first-order valence-corrected chi connectivity index (χ1v) is 8.99. The lowest BCUT2D eigenvalue weighted by molar-refractivity contribution is 0.454. The van der Waals surface area contributed by atoms with Gasteiger partial charge in [0.25, 0.3) is 0 Å². The number of aromatic nitrogens is 1. The van der Waals surface area contributed by atoms with Crippen LogP contribution in [-0.4, -0.2) is 36.7 Å². The van der Waals surface area contributed by atoms with Gasteiger partial charge in [0.2, 0.25) is 10.0 Å². The summed E-state index contributed by atoms with van der Waals surface area (Å²) in [6.07, 6.45) is 5.07. The third kappa shape index (κ3) is 2.78. The fourth-order valence-corrected chi connectivity index (χ4v) is 4.92. The van der Waals surface area contributed by atoms with E-state index in [1.807, 2.05) is 6.07 Å². The molecule has 6 heteroatoms. The molecule has 1 aliphatic rings. The largest absolute Gasteiger partial charge is 0.264 e. The van der Waals surface area contributed by atoms with E-state index in [4.69, 9.17) is 11.6 Å². The average molecular weight is 325 g/mol. The summed E-state index contributed by atoms with van der Waals surface area (Å²) >= 11 is 5.76. The molecule has 0 aliphatic carbocycles. The number of sulfonamides is 1. The summed E-state index contributed by atoms with van der Waals surface area (Å²) in [6.45, 7) is 1.14. The fraction of sp³-hybridized carbons (Fsp3) is 0.400. The van der Waals surface area contributed by atoms with Gasteiger partial charge in [0.15, 0.2) is 0 Å². The Morgan fingerprint density at radius 3 is 3.00 bits per heavy atom. The zero-order valence-electron chi connectivity index (χ0n) is 11.6. The van der Waals surface area contributed by atoms with Gasteiger partial charge in [0, 0.05) is 42.1 Å². The minimum atomic E-state index is -3.45. The van der Waals surface area contributed by atoms with Gasteiger partial charge in [-0.25, -0.2) is 8.42 Å². The Balaban J connectivity index is 1.98. The van der Waals surface area contributed by atoms with Crippen LogP contribution in [-0.2, 0) is 10.0 Å². The van der Waals surface area contributed by atoms with Crippen LogP contribution in [0.4, 0.5) is 0 Å². The molecule has 21 heavy (non-hydrogen) atoms. The van der Waals surface area contributed by atoms with E-state index in [1.54, 1.807) is 34.9 Å². The van der Waals surface area contributed by atoms with Crippen molar-refractivity contribution in [1.29, 1.82) is 0 Å². The van der Waals surface area contributed by atoms with Crippen LogP contribution in [0.2, 0.25) is 0 Å². The highest BCUT2D eigenvalue weighted by Crippen LogP contribution is 2.30. The third-order valence-electron chi connectivity index (χ3n) is 4.02. The molecule has 1 atom stereocenters. The van der Waals surface area contributed by atoms with Crippen molar-refractivity contribution in [2.24, 2.45) is 5.92 Å². The molecule has 1 aromatic heterocycles. The number of alkyl halides is 1. The number of pyridine rings is 1. The van der Waals surface area contributed by atoms with Gasteiger partial charge < -0.3 is 0 Å². The zero-order chi connectivity index (χ0) is 14.9. The smallest absolute Gasteiger partial charge is 0.243 e. The molecule has 0 spiro atoms.